The molecule has 0 radical (unpaired) electrons. The minimum atomic E-state index is 0.613. The van der Waals surface area contributed by atoms with Crippen molar-refractivity contribution < 1.29 is 0 Å². The molecule has 2 rings (SSSR count). The number of nitrogens with one attached hydrogen (secondary N) is 1. The zero-order valence-electron chi connectivity index (χ0n) is 10.5. The predicted molar refractivity (Wildman–Crippen MR) is 73.7 cm³/mol. The van der Waals surface area contributed by atoms with Crippen LogP contribution in [0.5, 0.6) is 0 Å². The third-order valence-electron chi connectivity index (χ3n) is 3.83. The highest BCUT2D eigenvalue weighted by Gasteiger charge is 2.25. The summed E-state index contributed by atoms with van der Waals surface area (Å²) in [7, 11) is 2.09. The third-order valence-corrected chi connectivity index (χ3v) is 5.06. The zero-order valence-corrected chi connectivity index (χ0v) is 11.3. The first kappa shape index (κ1) is 12.3. The smallest absolute Gasteiger partial charge is 0.0161 e. The van der Waals surface area contributed by atoms with Crippen molar-refractivity contribution in [2.45, 2.75) is 45.1 Å². The van der Waals surface area contributed by atoms with Crippen molar-refractivity contribution in [2.24, 2.45) is 5.92 Å². The SMILES string of the molecule is CN[C@H](C)[C@@H]1CCCCCC2=C1SCC=C2. The van der Waals surface area contributed by atoms with Gasteiger partial charge in [-0.15, -0.1) is 11.8 Å². The first-order valence-electron chi connectivity index (χ1n) is 6.52. The predicted octanol–water partition coefficient (Wildman–Crippen LogP) is 3.73. The number of thioether (sulfide) groups is 1. The molecule has 1 nitrogen and oxygen atoms in total. The molecular formula is C14H23NS. The van der Waals surface area contributed by atoms with Gasteiger partial charge in [-0.2, -0.15) is 0 Å². The van der Waals surface area contributed by atoms with Crippen molar-refractivity contribution in [3.05, 3.63) is 22.6 Å². The summed E-state index contributed by atoms with van der Waals surface area (Å²) in [4.78, 5) is 1.68. The van der Waals surface area contributed by atoms with Gasteiger partial charge in [-0.05, 0) is 43.7 Å². The fourth-order valence-electron chi connectivity index (χ4n) is 2.72. The molecule has 2 heteroatoms. The van der Waals surface area contributed by atoms with Gasteiger partial charge in [0.15, 0.2) is 0 Å². The second kappa shape index (κ2) is 5.92. The third kappa shape index (κ3) is 2.72. The van der Waals surface area contributed by atoms with Crippen molar-refractivity contribution in [1.82, 2.24) is 5.32 Å². The van der Waals surface area contributed by atoms with Crippen LogP contribution in [-0.4, -0.2) is 18.8 Å². The average molecular weight is 237 g/mol. The summed E-state index contributed by atoms with van der Waals surface area (Å²) in [5.41, 5.74) is 1.63. The molecule has 0 bridgehead atoms. The highest BCUT2D eigenvalue weighted by molar-refractivity contribution is 8.03. The van der Waals surface area contributed by atoms with Crippen LogP contribution in [0.3, 0.4) is 0 Å². The van der Waals surface area contributed by atoms with Gasteiger partial charge in [0.25, 0.3) is 0 Å². The zero-order chi connectivity index (χ0) is 11.4. The summed E-state index contributed by atoms with van der Waals surface area (Å²) >= 11 is 2.07. The Kier molecular flexibility index (Phi) is 4.54. The topological polar surface area (TPSA) is 12.0 Å². The molecule has 0 saturated heterocycles. The maximum absolute atomic E-state index is 3.44. The summed E-state index contributed by atoms with van der Waals surface area (Å²) in [6.45, 7) is 2.33. The summed E-state index contributed by atoms with van der Waals surface area (Å²) in [5.74, 6) is 1.92. The van der Waals surface area contributed by atoms with Gasteiger partial charge in [0, 0.05) is 17.7 Å². The molecule has 0 aromatic carbocycles. The maximum atomic E-state index is 3.44. The molecule has 1 heterocycles. The lowest BCUT2D eigenvalue weighted by Gasteiger charge is -2.31. The first-order valence-corrected chi connectivity index (χ1v) is 7.51. The number of allylic oxidation sites excluding steroid dienone is 2. The minimum absolute atomic E-state index is 0.613. The fourth-order valence-corrected chi connectivity index (χ4v) is 3.98. The quantitative estimate of drug-likeness (QED) is 0.785. The van der Waals surface area contributed by atoms with E-state index in [1.54, 1.807) is 10.5 Å². The molecule has 0 saturated carbocycles. The summed E-state index contributed by atoms with van der Waals surface area (Å²) in [6, 6.07) is 0.613. The van der Waals surface area contributed by atoms with Crippen LogP contribution in [0.1, 0.15) is 39.0 Å². The van der Waals surface area contributed by atoms with Gasteiger partial charge in [-0.1, -0.05) is 25.0 Å². The second-order valence-electron chi connectivity index (χ2n) is 4.89. The van der Waals surface area contributed by atoms with Crippen LogP contribution >= 0.6 is 11.8 Å². The molecule has 0 aromatic rings. The highest BCUT2D eigenvalue weighted by Crippen LogP contribution is 2.39. The second-order valence-corrected chi connectivity index (χ2v) is 5.95. The van der Waals surface area contributed by atoms with E-state index in [1.807, 2.05) is 0 Å². The van der Waals surface area contributed by atoms with Gasteiger partial charge >= 0.3 is 0 Å². The molecule has 1 N–H and O–H groups in total. The summed E-state index contributed by atoms with van der Waals surface area (Å²) < 4.78 is 0. The molecule has 0 fully saturated rings. The number of rotatable bonds is 2. The molecule has 2 atom stereocenters. The van der Waals surface area contributed by atoms with Gasteiger partial charge in [0.05, 0.1) is 0 Å². The summed E-state index contributed by atoms with van der Waals surface area (Å²) in [5, 5.41) is 3.44. The van der Waals surface area contributed by atoms with Gasteiger partial charge in [0.1, 0.15) is 0 Å². The first-order chi connectivity index (χ1) is 7.83. The van der Waals surface area contributed by atoms with E-state index in [4.69, 9.17) is 0 Å². The minimum Gasteiger partial charge on any atom is -0.317 e. The Morgan fingerprint density at radius 1 is 1.38 bits per heavy atom. The van der Waals surface area contributed by atoms with Crippen molar-refractivity contribution in [2.75, 3.05) is 12.8 Å². The maximum Gasteiger partial charge on any atom is 0.0161 e. The van der Waals surface area contributed by atoms with Gasteiger partial charge in [0.2, 0.25) is 0 Å². The summed E-state index contributed by atoms with van der Waals surface area (Å²) in [6.07, 6.45) is 11.6. The van der Waals surface area contributed by atoms with E-state index in [1.165, 1.54) is 37.9 Å². The molecule has 0 spiro atoms. The van der Waals surface area contributed by atoms with E-state index in [0.717, 1.165) is 5.92 Å². The normalized spacial score (nSPS) is 28.2. The van der Waals surface area contributed by atoms with E-state index in [9.17, 15) is 0 Å². The van der Waals surface area contributed by atoms with E-state index in [2.05, 4.69) is 43.2 Å². The van der Waals surface area contributed by atoms with Crippen LogP contribution in [0.15, 0.2) is 22.6 Å². The fraction of sp³-hybridized carbons (Fsp3) is 0.714. The Balaban J connectivity index is 2.24. The van der Waals surface area contributed by atoms with Crippen molar-refractivity contribution in [1.29, 1.82) is 0 Å². The van der Waals surface area contributed by atoms with Crippen LogP contribution in [0.2, 0.25) is 0 Å². The van der Waals surface area contributed by atoms with Crippen molar-refractivity contribution in [3.63, 3.8) is 0 Å². The van der Waals surface area contributed by atoms with Gasteiger partial charge < -0.3 is 5.32 Å². The molecule has 0 aromatic heterocycles. The lowest BCUT2D eigenvalue weighted by atomic mass is 9.87. The Bertz CT molecular complexity index is 293. The lowest BCUT2D eigenvalue weighted by Crippen LogP contribution is -2.32. The monoisotopic (exact) mass is 237 g/mol. The van der Waals surface area contributed by atoms with Crippen LogP contribution in [0, 0.1) is 5.92 Å². The Morgan fingerprint density at radius 3 is 3.06 bits per heavy atom. The van der Waals surface area contributed by atoms with E-state index >= 15 is 0 Å². The molecule has 90 valence electrons. The van der Waals surface area contributed by atoms with E-state index in [-0.39, 0.29) is 0 Å². The lowest BCUT2D eigenvalue weighted by molar-refractivity contribution is 0.408. The van der Waals surface area contributed by atoms with Crippen LogP contribution < -0.4 is 5.32 Å². The van der Waals surface area contributed by atoms with Crippen LogP contribution in [0.4, 0.5) is 0 Å². The van der Waals surface area contributed by atoms with Crippen molar-refractivity contribution >= 4 is 11.8 Å². The molecule has 0 unspecified atom stereocenters. The number of hydrogen-bond donors (Lipinski definition) is 1. The Hall–Kier alpha value is -0.210. The van der Waals surface area contributed by atoms with E-state index < -0.39 is 0 Å². The Labute approximate surface area is 104 Å². The van der Waals surface area contributed by atoms with Gasteiger partial charge in [-0.25, -0.2) is 0 Å². The Morgan fingerprint density at radius 2 is 2.25 bits per heavy atom. The standard InChI is InChI=1S/C14H23NS/c1-11(15-2)13-9-5-3-4-7-12-8-6-10-16-14(12)13/h6,8,11,13,15H,3-5,7,9-10H2,1-2H3/t11-,13+/m1/s1. The van der Waals surface area contributed by atoms with Crippen LogP contribution in [-0.2, 0) is 0 Å². The molecule has 0 amide bonds. The van der Waals surface area contributed by atoms with Crippen molar-refractivity contribution in [3.8, 4) is 0 Å². The van der Waals surface area contributed by atoms with Gasteiger partial charge in [-0.3, -0.25) is 0 Å². The molecule has 2 aliphatic rings. The molecule has 16 heavy (non-hydrogen) atoms. The molecular weight excluding hydrogens is 214 g/mol. The van der Waals surface area contributed by atoms with Crippen LogP contribution in [0.25, 0.3) is 0 Å². The highest BCUT2D eigenvalue weighted by atomic mass is 32.2. The van der Waals surface area contributed by atoms with E-state index in [0.29, 0.717) is 6.04 Å². The average Bonchev–Trinajstić information content (AvgIpc) is 2.29. The molecule has 1 aliphatic heterocycles. The largest absolute Gasteiger partial charge is 0.317 e. The molecule has 1 aliphatic carbocycles. The number of hydrogen-bond acceptors (Lipinski definition) is 2.